The van der Waals surface area contributed by atoms with E-state index in [4.69, 9.17) is 22.7 Å². The maximum Gasteiger partial charge on any atom is 0.316 e. The van der Waals surface area contributed by atoms with Gasteiger partial charge in [0.15, 0.2) is 0 Å². The van der Waals surface area contributed by atoms with Crippen LogP contribution in [0.1, 0.15) is 31.4 Å². The number of carbonyl (C=O) groups excluding carboxylic acids is 1. The second-order valence-corrected chi connectivity index (χ2v) is 5.69. The highest BCUT2D eigenvalue weighted by molar-refractivity contribution is 7.99. The van der Waals surface area contributed by atoms with E-state index in [9.17, 15) is 4.79 Å². The molecule has 2 N–H and O–H groups in total. The molecular weight excluding hydrogens is 278 g/mol. The van der Waals surface area contributed by atoms with E-state index in [2.05, 4.69) is 0 Å². The second-order valence-electron chi connectivity index (χ2n) is 4.26. The fraction of sp³-hybridized carbons (Fsp3) is 0.429. The van der Waals surface area contributed by atoms with Crippen molar-refractivity contribution in [1.29, 1.82) is 0 Å². The normalized spacial score (nSPS) is 11.9. The molecular formula is C14H19NO2S2. The van der Waals surface area contributed by atoms with Gasteiger partial charge < -0.3 is 10.5 Å². The lowest BCUT2D eigenvalue weighted by Crippen LogP contribution is -2.15. The Morgan fingerprint density at radius 3 is 2.58 bits per heavy atom. The molecule has 0 aromatic heterocycles. The van der Waals surface area contributed by atoms with Gasteiger partial charge in [0, 0.05) is 11.3 Å². The smallest absolute Gasteiger partial charge is 0.316 e. The number of esters is 1. The molecule has 0 aliphatic heterocycles. The van der Waals surface area contributed by atoms with Gasteiger partial charge in [-0.15, -0.1) is 11.8 Å². The zero-order chi connectivity index (χ0) is 14.3. The van der Waals surface area contributed by atoms with E-state index in [0.29, 0.717) is 10.7 Å². The number of carbonyl (C=O) groups is 1. The van der Waals surface area contributed by atoms with Crippen molar-refractivity contribution in [2.24, 2.45) is 5.73 Å². The van der Waals surface area contributed by atoms with Crippen LogP contribution in [0.15, 0.2) is 24.3 Å². The molecule has 0 saturated carbocycles. The van der Waals surface area contributed by atoms with Gasteiger partial charge in [-0.25, -0.2) is 0 Å². The molecule has 5 heteroatoms. The molecule has 3 nitrogen and oxygen atoms in total. The molecule has 0 fully saturated rings. The minimum atomic E-state index is -0.154. The lowest BCUT2D eigenvalue weighted by atomic mass is 10.1. The predicted molar refractivity (Wildman–Crippen MR) is 84.3 cm³/mol. The maximum atomic E-state index is 11.5. The zero-order valence-corrected chi connectivity index (χ0v) is 12.9. The van der Waals surface area contributed by atoms with Crippen molar-refractivity contribution in [3.8, 4) is 0 Å². The van der Waals surface area contributed by atoms with Crippen LogP contribution in [0.2, 0.25) is 0 Å². The lowest BCUT2D eigenvalue weighted by Gasteiger charge is -2.10. The summed E-state index contributed by atoms with van der Waals surface area (Å²) in [6, 6.07) is 7.74. The number of hydrogen-bond acceptors (Lipinski definition) is 4. The third kappa shape index (κ3) is 6.07. The fourth-order valence-corrected chi connectivity index (χ4v) is 2.26. The Balaban J connectivity index is 2.33. The minimum Gasteiger partial charge on any atom is -0.462 e. The molecule has 0 aliphatic rings. The van der Waals surface area contributed by atoms with Gasteiger partial charge in [0.1, 0.15) is 4.99 Å². The Kier molecular flexibility index (Phi) is 6.87. The monoisotopic (exact) mass is 297 g/mol. The van der Waals surface area contributed by atoms with E-state index in [0.717, 1.165) is 23.3 Å². The van der Waals surface area contributed by atoms with Crippen LogP contribution in [0, 0.1) is 0 Å². The van der Waals surface area contributed by atoms with Crippen molar-refractivity contribution < 1.29 is 9.53 Å². The molecule has 1 aromatic carbocycles. The Bertz CT molecular complexity index is 432. The number of nitrogens with two attached hydrogens (primary N) is 1. The highest BCUT2D eigenvalue weighted by atomic mass is 32.2. The van der Waals surface area contributed by atoms with Crippen molar-refractivity contribution in [1.82, 2.24) is 0 Å². The zero-order valence-electron chi connectivity index (χ0n) is 11.2. The minimum absolute atomic E-state index is 0.00190. The lowest BCUT2D eigenvalue weighted by molar-refractivity contribution is -0.144. The number of thioether (sulfide) groups is 1. The molecule has 0 spiro atoms. The van der Waals surface area contributed by atoms with E-state index in [1.165, 1.54) is 0 Å². The molecule has 0 aliphatic carbocycles. The van der Waals surface area contributed by atoms with Crippen LogP contribution in [0.5, 0.6) is 0 Å². The van der Waals surface area contributed by atoms with Gasteiger partial charge in [-0.3, -0.25) is 4.79 Å². The molecule has 1 unspecified atom stereocenters. The topological polar surface area (TPSA) is 52.3 Å². The van der Waals surface area contributed by atoms with E-state index in [-0.39, 0.29) is 12.1 Å². The first-order chi connectivity index (χ1) is 9.02. The molecule has 0 bridgehead atoms. The predicted octanol–water partition coefficient (Wildman–Crippen LogP) is 2.90. The van der Waals surface area contributed by atoms with Crippen LogP contribution in [0.3, 0.4) is 0 Å². The molecule has 0 amide bonds. The average molecular weight is 297 g/mol. The van der Waals surface area contributed by atoms with Crippen LogP contribution in [0.4, 0.5) is 0 Å². The molecule has 1 rings (SSSR count). The summed E-state index contributed by atoms with van der Waals surface area (Å²) in [6.07, 6.45) is 0.842. The van der Waals surface area contributed by atoms with E-state index >= 15 is 0 Å². The number of thiocarbonyl (C=S) groups is 1. The summed E-state index contributed by atoms with van der Waals surface area (Å²) in [6.45, 7) is 3.89. The van der Waals surface area contributed by atoms with Gasteiger partial charge in [0.25, 0.3) is 0 Å². The van der Waals surface area contributed by atoms with Crippen LogP contribution < -0.4 is 5.73 Å². The SMILES string of the molecule is CCC(C)OC(=O)CSCc1ccc(C(N)=S)cc1. The Morgan fingerprint density at radius 2 is 2.05 bits per heavy atom. The summed E-state index contributed by atoms with van der Waals surface area (Å²) in [5, 5.41) is 0. The third-order valence-electron chi connectivity index (χ3n) is 2.63. The van der Waals surface area contributed by atoms with E-state index in [1.54, 1.807) is 11.8 Å². The van der Waals surface area contributed by atoms with Gasteiger partial charge in [0.05, 0.1) is 11.9 Å². The first kappa shape index (κ1) is 16.0. The summed E-state index contributed by atoms with van der Waals surface area (Å²) in [5.41, 5.74) is 7.53. The standard InChI is InChI=1S/C14H19NO2S2/c1-3-10(2)17-13(16)9-19-8-11-4-6-12(7-5-11)14(15)18/h4-7,10H,3,8-9H2,1-2H3,(H2,15,18). The maximum absolute atomic E-state index is 11.5. The van der Waals surface area contributed by atoms with E-state index < -0.39 is 0 Å². The van der Waals surface area contributed by atoms with E-state index in [1.807, 2.05) is 38.1 Å². The van der Waals surface area contributed by atoms with Gasteiger partial charge in [0.2, 0.25) is 0 Å². The van der Waals surface area contributed by atoms with Gasteiger partial charge >= 0.3 is 5.97 Å². The van der Waals surface area contributed by atoms with Crippen molar-refractivity contribution in [2.45, 2.75) is 32.1 Å². The number of rotatable bonds is 7. The molecule has 104 valence electrons. The molecule has 0 radical (unpaired) electrons. The summed E-state index contributed by atoms with van der Waals surface area (Å²) >= 11 is 6.43. The molecule has 0 saturated heterocycles. The molecule has 1 atom stereocenters. The molecule has 19 heavy (non-hydrogen) atoms. The molecule has 0 heterocycles. The fourth-order valence-electron chi connectivity index (χ4n) is 1.36. The first-order valence-corrected chi connectivity index (χ1v) is 7.75. The summed E-state index contributed by atoms with van der Waals surface area (Å²) in [7, 11) is 0. The highest BCUT2D eigenvalue weighted by Crippen LogP contribution is 2.14. The van der Waals surface area contributed by atoms with Crippen LogP contribution in [0.25, 0.3) is 0 Å². The van der Waals surface area contributed by atoms with Gasteiger partial charge in [-0.05, 0) is 18.9 Å². The quantitative estimate of drug-likeness (QED) is 0.619. The Morgan fingerprint density at radius 1 is 1.42 bits per heavy atom. The average Bonchev–Trinajstić information content (AvgIpc) is 2.39. The third-order valence-corrected chi connectivity index (χ3v) is 3.85. The van der Waals surface area contributed by atoms with Crippen LogP contribution >= 0.6 is 24.0 Å². The molecule has 1 aromatic rings. The summed E-state index contributed by atoms with van der Waals surface area (Å²) < 4.78 is 5.19. The summed E-state index contributed by atoms with van der Waals surface area (Å²) in [5.74, 6) is 0.994. The second kappa shape index (κ2) is 8.17. The van der Waals surface area contributed by atoms with Crippen LogP contribution in [-0.2, 0) is 15.3 Å². The van der Waals surface area contributed by atoms with Crippen molar-refractivity contribution in [3.63, 3.8) is 0 Å². The highest BCUT2D eigenvalue weighted by Gasteiger charge is 2.07. The van der Waals surface area contributed by atoms with Crippen molar-refractivity contribution in [3.05, 3.63) is 35.4 Å². The van der Waals surface area contributed by atoms with Crippen molar-refractivity contribution >= 4 is 34.9 Å². The summed E-state index contributed by atoms with van der Waals surface area (Å²) in [4.78, 5) is 11.9. The first-order valence-electron chi connectivity index (χ1n) is 6.19. The number of hydrogen-bond donors (Lipinski definition) is 1. The Labute approximate surface area is 123 Å². The van der Waals surface area contributed by atoms with Crippen molar-refractivity contribution in [2.75, 3.05) is 5.75 Å². The largest absolute Gasteiger partial charge is 0.462 e. The Hall–Kier alpha value is -1.07. The number of benzene rings is 1. The van der Waals surface area contributed by atoms with Gasteiger partial charge in [-0.2, -0.15) is 0 Å². The number of ether oxygens (including phenoxy) is 1. The van der Waals surface area contributed by atoms with Crippen LogP contribution in [-0.4, -0.2) is 22.8 Å². The van der Waals surface area contributed by atoms with Gasteiger partial charge in [-0.1, -0.05) is 43.4 Å².